The van der Waals surface area contributed by atoms with Crippen LogP contribution in [0.5, 0.6) is 0 Å². The molecule has 0 fully saturated rings. The van der Waals surface area contributed by atoms with E-state index in [0.29, 0.717) is 6.54 Å². The van der Waals surface area contributed by atoms with Crippen molar-refractivity contribution in [2.75, 3.05) is 5.32 Å². The Kier molecular flexibility index (Phi) is 3.82. The molecular weight excluding hydrogens is 284 g/mol. The summed E-state index contributed by atoms with van der Waals surface area (Å²) in [5.74, 6) is 0.717. The Bertz CT molecular complexity index is 497. The molecular formula is C12H11BrN2O2. The van der Waals surface area contributed by atoms with E-state index in [1.54, 1.807) is 18.4 Å². The van der Waals surface area contributed by atoms with Gasteiger partial charge in [-0.05, 0) is 30.3 Å². The molecule has 1 heterocycles. The van der Waals surface area contributed by atoms with Crippen molar-refractivity contribution in [3.05, 3.63) is 52.9 Å². The first-order valence-corrected chi connectivity index (χ1v) is 5.86. The Morgan fingerprint density at radius 3 is 2.88 bits per heavy atom. The summed E-state index contributed by atoms with van der Waals surface area (Å²) in [5, 5.41) is 5.42. The average Bonchev–Trinajstić information content (AvgIpc) is 2.79. The molecule has 0 saturated heterocycles. The lowest BCUT2D eigenvalue weighted by atomic mass is 10.3. The highest BCUT2D eigenvalue weighted by atomic mass is 79.9. The molecule has 1 aromatic heterocycles. The number of carbonyl (C=O) groups excluding carboxylic acids is 1. The number of halogens is 1. The van der Waals surface area contributed by atoms with Gasteiger partial charge in [0.05, 0.1) is 12.8 Å². The predicted octanol–water partition coefficient (Wildman–Crippen LogP) is 3.36. The van der Waals surface area contributed by atoms with E-state index in [2.05, 4.69) is 26.6 Å². The van der Waals surface area contributed by atoms with E-state index in [1.807, 2.05) is 24.3 Å². The minimum Gasteiger partial charge on any atom is -0.467 e. The lowest BCUT2D eigenvalue weighted by Crippen LogP contribution is -2.27. The number of amides is 2. The molecule has 2 rings (SSSR count). The molecule has 0 aliphatic carbocycles. The van der Waals surface area contributed by atoms with Gasteiger partial charge in [-0.2, -0.15) is 0 Å². The molecule has 0 spiro atoms. The zero-order valence-electron chi connectivity index (χ0n) is 8.94. The van der Waals surface area contributed by atoms with Gasteiger partial charge < -0.3 is 15.1 Å². The summed E-state index contributed by atoms with van der Waals surface area (Å²) >= 11 is 3.34. The summed E-state index contributed by atoms with van der Waals surface area (Å²) < 4.78 is 6.02. The smallest absolute Gasteiger partial charge is 0.319 e. The molecule has 0 atom stereocenters. The SMILES string of the molecule is O=C(NCc1ccco1)Nc1cccc(Br)c1. The summed E-state index contributed by atoms with van der Waals surface area (Å²) in [7, 11) is 0. The van der Waals surface area contributed by atoms with E-state index in [-0.39, 0.29) is 6.03 Å². The molecule has 2 aromatic rings. The van der Waals surface area contributed by atoms with Gasteiger partial charge in [0.15, 0.2) is 0 Å². The highest BCUT2D eigenvalue weighted by molar-refractivity contribution is 9.10. The van der Waals surface area contributed by atoms with E-state index in [0.717, 1.165) is 15.9 Å². The Labute approximate surface area is 107 Å². The maximum Gasteiger partial charge on any atom is 0.319 e. The van der Waals surface area contributed by atoms with Crippen molar-refractivity contribution in [1.82, 2.24) is 5.32 Å². The maximum atomic E-state index is 11.5. The van der Waals surface area contributed by atoms with E-state index in [1.165, 1.54) is 0 Å². The van der Waals surface area contributed by atoms with Crippen molar-refractivity contribution in [2.24, 2.45) is 0 Å². The molecule has 2 amide bonds. The third-order valence-electron chi connectivity index (χ3n) is 2.09. The lowest BCUT2D eigenvalue weighted by molar-refractivity contribution is 0.251. The molecule has 4 nitrogen and oxygen atoms in total. The number of rotatable bonds is 3. The first-order valence-electron chi connectivity index (χ1n) is 5.07. The van der Waals surface area contributed by atoms with Crippen molar-refractivity contribution in [2.45, 2.75) is 6.54 Å². The molecule has 1 aromatic carbocycles. The van der Waals surface area contributed by atoms with Crippen molar-refractivity contribution in [3.8, 4) is 0 Å². The molecule has 2 N–H and O–H groups in total. The minimum absolute atomic E-state index is 0.264. The Balaban J connectivity index is 1.85. The second kappa shape index (κ2) is 5.54. The maximum absolute atomic E-state index is 11.5. The molecule has 0 bridgehead atoms. The highest BCUT2D eigenvalue weighted by Crippen LogP contribution is 2.15. The van der Waals surface area contributed by atoms with Gasteiger partial charge >= 0.3 is 6.03 Å². The second-order valence-corrected chi connectivity index (χ2v) is 4.31. The van der Waals surface area contributed by atoms with E-state index >= 15 is 0 Å². The van der Waals surface area contributed by atoms with Crippen LogP contribution in [0.4, 0.5) is 10.5 Å². The number of furan rings is 1. The molecule has 5 heteroatoms. The van der Waals surface area contributed by atoms with Crippen LogP contribution in [-0.4, -0.2) is 6.03 Å². The average molecular weight is 295 g/mol. The number of hydrogen-bond acceptors (Lipinski definition) is 2. The minimum atomic E-state index is -0.264. The number of hydrogen-bond donors (Lipinski definition) is 2. The molecule has 0 unspecified atom stereocenters. The molecule has 0 saturated carbocycles. The molecule has 88 valence electrons. The van der Waals surface area contributed by atoms with Gasteiger partial charge in [0.2, 0.25) is 0 Å². The first-order chi connectivity index (χ1) is 8.24. The van der Waals surface area contributed by atoms with Crippen LogP contribution in [0.25, 0.3) is 0 Å². The number of carbonyl (C=O) groups is 1. The number of urea groups is 1. The van der Waals surface area contributed by atoms with Crippen molar-refractivity contribution in [3.63, 3.8) is 0 Å². The zero-order valence-corrected chi connectivity index (χ0v) is 10.5. The molecule has 17 heavy (non-hydrogen) atoms. The van der Waals surface area contributed by atoms with Crippen LogP contribution in [0.3, 0.4) is 0 Å². The normalized spacial score (nSPS) is 9.94. The van der Waals surface area contributed by atoms with Gasteiger partial charge in [-0.25, -0.2) is 4.79 Å². The second-order valence-electron chi connectivity index (χ2n) is 3.40. The Morgan fingerprint density at radius 1 is 1.29 bits per heavy atom. The fourth-order valence-corrected chi connectivity index (χ4v) is 1.72. The number of nitrogens with one attached hydrogen (secondary N) is 2. The Hall–Kier alpha value is -1.75. The molecule has 0 aliphatic rings. The topological polar surface area (TPSA) is 54.3 Å². The van der Waals surface area contributed by atoms with E-state index in [9.17, 15) is 4.79 Å². The Morgan fingerprint density at radius 2 is 2.18 bits per heavy atom. The van der Waals surface area contributed by atoms with Gasteiger partial charge in [-0.1, -0.05) is 22.0 Å². The van der Waals surface area contributed by atoms with Crippen LogP contribution in [0.15, 0.2) is 51.6 Å². The van der Waals surface area contributed by atoms with Gasteiger partial charge in [-0.15, -0.1) is 0 Å². The summed E-state index contributed by atoms with van der Waals surface area (Å²) in [5.41, 5.74) is 0.733. The molecule has 0 radical (unpaired) electrons. The number of benzene rings is 1. The largest absolute Gasteiger partial charge is 0.467 e. The van der Waals surface area contributed by atoms with E-state index in [4.69, 9.17) is 4.42 Å². The fourth-order valence-electron chi connectivity index (χ4n) is 1.32. The van der Waals surface area contributed by atoms with Crippen LogP contribution < -0.4 is 10.6 Å². The van der Waals surface area contributed by atoms with Gasteiger partial charge in [0.1, 0.15) is 5.76 Å². The van der Waals surface area contributed by atoms with Gasteiger partial charge in [0.25, 0.3) is 0 Å². The summed E-state index contributed by atoms with van der Waals surface area (Å²) in [6.45, 7) is 0.368. The van der Waals surface area contributed by atoms with Crippen LogP contribution in [0.1, 0.15) is 5.76 Å². The van der Waals surface area contributed by atoms with Crippen LogP contribution in [0, 0.1) is 0 Å². The van der Waals surface area contributed by atoms with Crippen LogP contribution in [0.2, 0.25) is 0 Å². The monoisotopic (exact) mass is 294 g/mol. The third kappa shape index (κ3) is 3.64. The van der Waals surface area contributed by atoms with Crippen LogP contribution >= 0.6 is 15.9 Å². The van der Waals surface area contributed by atoms with Gasteiger partial charge in [-0.3, -0.25) is 0 Å². The fraction of sp³-hybridized carbons (Fsp3) is 0.0833. The zero-order chi connectivity index (χ0) is 12.1. The van der Waals surface area contributed by atoms with Crippen molar-refractivity contribution < 1.29 is 9.21 Å². The lowest BCUT2D eigenvalue weighted by Gasteiger charge is -2.06. The quantitative estimate of drug-likeness (QED) is 0.912. The predicted molar refractivity (Wildman–Crippen MR) is 68.7 cm³/mol. The van der Waals surface area contributed by atoms with Crippen molar-refractivity contribution >= 4 is 27.6 Å². The third-order valence-corrected chi connectivity index (χ3v) is 2.58. The summed E-state index contributed by atoms with van der Waals surface area (Å²) in [4.78, 5) is 11.5. The van der Waals surface area contributed by atoms with Crippen LogP contribution in [-0.2, 0) is 6.54 Å². The summed E-state index contributed by atoms with van der Waals surface area (Å²) in [6, 6.07) is 10.7. The van der Waals surface area contributed by atoms with Crippen molar-refractivity contribution in [1.29, 1.82) is 0 Å². The van der Waals surface area contributed by atoms with E-state index < -0.39 is 0 Å². The molecule has 0 aliphatic heterocycles. The summed E-state index contributed by atoms with van der Waals surface area (Å²) in [6.07, 6.45) is 1.57. The first kappa shape index (κ1) is 11.7. The highest BCUT2D eigenvalue weighted by Gasteiger charge is 2.02. The standard InChI is InChI=1S/C12H11BrN2O2/c13-9-3-1-4-10(7-9)15-12(16)14-8-11-5-2-6-17-11/h1-7H,8H2,(H2,14,15,16). The number of anilines is 1. The van der Waals surface area contributed by atoms with Gasteiger partial charge in [0, 0.05) is 10.2 Å².